The molecule has 1 aliphatic heterocycles. The van der Waals surface area contributed by atoms with Crippen LogP contribution in [0, 0.1) is 0 Å². The predicted molar refractivity (Wildman–Crippen MR) is 115 cm³/mol. The highest BCUT2D eigenvalue weighted by Gasteiger charge is 2.41. The molecule has 1 N–H and O–H groups in total. The lowest BCUT2D eigenvalue weighted by Crippen LogP contribution is -2.34. The third-order valence-electron chi connectivity index (χ3n) is 5.46. The van der Waals surface area contributed by atoms with Crippen LogP contribution in [0.25, 0.3) is 0 Å². The maximum absolute atomic E-state index is 13.9. The minimum Gasteiger partial charge on any atom is -0.462 e. The molecule has 0 aliphatic carbocycles. The number of carbonyl (C=O) groups is 2. The molecule has 154 valence electrons. The number of fused-ring (bicyclic) bond motifs is 1. The van der Waals surface area contributed by atoms with Crippen molar-refractivity contribution < 1.29 is 14.3 Å². The lowest BCUT2D eigenvalue weighted by Gasteiger charge is -2.35. The molecule has 0 amide bonds. The van der Waals surface area contributed by atoms with E-state index in [1.165, 1.54) is 0 Å². The van der Waals surface area contributed by atoms with Crippen molar-refractivity contribution in [2.45, 2.75) is 38.8 Å². The van der Waals surface area contributed by atoms with Gasteiger partial charge >= 0.3 is 5.97 Å². The van der Waals surface area contributed by atoms with Gasteiger partial charge in [-0.15, -0.1) is 0 Å². The number of aromatic nitrogens is 2. The van der Waals surface area contributed by atoms with E-state index >= 15 is 0 Å². The van der Waals surface area contributed by atoms with Crippen molar-refractivity contribution in [3.05, 3.63) is 83.4 Å². The number of esters is 1. The number of hydrogen-bond donors (Lipinski definition) is 1. The van der Waals surface area contributed by atoms with E-state index in [0.717, 1.165) is 11.3 Å². The minimum atomic E-state index is -0.527. The molecule has 4 rings (SSSR count). The third kappa shape index (κ3) is 3.38. The first-order valence-corrected chi connectivity index (χ1v) is 10.2. The van der Waals surface area contributed by atoms with Gasteiger partial charge < -0.3 is 14.6 Å². The van der Waals surface area contributed by atoms with Gasteiger partial charge in [0.1, 0.15) is 0 Å². The summed E-state index contributed by atoms with van der Waals surface area (Å²) in [6.07, 6.45) is 3.50. The summed E-state index contributed by atoms with van der Waals surface area (Å²) in [5.74, 6) is -1.12. The van der Waals surface area contributed by atoms with E-state index in [-0.39, 0.29) is 24.5 Å². The van der Waals surface area contributed by atoms with Gasteiger partial charge in [0.25, 0.3) is 0 Å². The Morgan fingerprint density at radius 1 is 1.17 bits per heavy atom. The zero-order chi connectivity index (χ0) is 21.3. The Hall–Kier alpha value is -3.41. The average molecular weight is 403 g/mol. The first kappa shape index (κ1) is 19.9. The molecule has 2 aromatic carbocycles. The molecule has 30 heavy (non-hydrogen) atoms. The smallest absolute Gasteiger partial charge is 0.338 e. The summed E-state index contributed by atoms with van der Waals surface area (Å²) in [6.45, 7) is 6.12. The fourth-order valence-corrected chi connectivity index (χ4v) is 4.10. The van der Waals surface area contributed by atoms with Crippen molar-refractivity contribution in [1.82, 2.24) is 9.55 Å². The van der Waals surface area contributed by atoms with Gasteiger partial charge in [-0.05, 0) is 38.5 Å². The normalized spacial score (nSPS) is 18.1. The maximum atomic E-state index is 13.9. The topological polar surface area (TPSA) is 73.2 Å². The Balaban J connectivity index is 1.90. The number of benzene rings is 2. The quantitative estimate of drug-likeness (QED) is 0.621. The van der Waals surface area contributed by atoms with E-state index in [1.54, 1.807) is 31.6 Å². The Morgan fingerprint density at radius 3 is 2.63 bits per heavy atom. The highest BCUT2D eigenvalue weighted by Crippen LogP contribution is 2.43. The molecular formula is C24H25N3O3. The molecule has 3 aromatic rings. The number of ether oxygens (including phenoxy) is 1. The Kier molecular flexibility index (Phi) is 5.40. The van der Waals surface area contributed by atoms with Crippen LogP contribution in [-0.4, -0.2) is 27.9 Å². The third-order valence-corrected chi connectivity index (χ3v) is 5.46. The molecule has 0 radical (unpaired) electrons. The van der Waals surface area contributed by atoms with E-state index in [9.17, 15) is 9.59 Å². The fourth-order valence-electron chi connectivity index (χ4n) is 4.10. The summed E-state index contributed by atoms with van der Waals surface area (Å²) in [5, 5.41) is 3.52. The number of nitrogens with zero attached hydrogens (tertiary/aromatic N) is 2. The van der Waals surface area contributed by atoms with Crippen molar-refractivity contribution in [3.8, 4) is 0 Å². The molecule has 0 bridgehead atoms. The van der Waals surface area contributed by atoms with Gasteiger partial charge in [0, 0.05) is 17.9 Å². The number of anilines is 1. The SMILES string of the molecule is CCOC(=O)c1cccc2c1C(=O)C(c1cncn1C(C)C)C(c1ccccc1)N2. The van der Waals surface area contributed by atoms with Crippen LogP contribution in [0.1, 0.15) is 70.7 Å². The van der Waals surface area contributed by atoms with Crippen LogP contribution >= 0.6 is 0 Å². The molecule has 6 nitrogen and oxygen atoms in total. The number of ketones is 1. The second kappa shape index (κ2) is 8.14. The van der Waals surface area contributed by atoms with Gasteiger partial charge in [-0.25, -0.2) is 9.78 Å². The van der Waals surface area contributed by atoms with Crippen LogP contribution in [0.5, 0.6) is 0 Å². The Bertz CT molecular complexity index is 1070. The lowest BCUT2D eigenvalue weighted by atomic mass is 9.79. The largest absolute Gasteiger partial charge is 0.462 e. The van der Waals surface area contributed by atoms with Crippen LogP contribution in [0.2, 0.25) is 0 Å². The van der Waals surface area contributed by atoms with Crippen molar-refractivity contribution >= 4 is 17.4 Å². The van der Waals surface area contributed by atoms with Gasteiger partial charge in [0.05, 0.1) is 41.7 Å². The molecule has 6 heteroatoms. The highest BCUT2D eigenvalue weighted by atomic mass is 16.5. The summed E-state index contributed by atoms with van der Waals surface area (Å²) in [5.41, 5.74) is 3.13. The number of rotatable bonds is 5. The first-order chi connectivity index (χ1) is 14.5. The molecule has 1 aromatic heterocycles. The Morgan fingerprint density at radius 2 is 1.93 bits per heavy atom. The standard InChI is InChI=1S/C24H25N3O3/c1-4-30-24(29)17-11-8-12-18-20(17)23(28)21(19-13-25-14-27(19)15(2)3)22(26-18)16-9-6-5-7-10-16/h5-15,21-22,26H,4H2,1-3H3. The summed E-state index contributed by atoms with van der Waals surface area (Å²) < 4.78 is 7.22. The van der Waals surface area contributed by atoms with Crippen LogP contribution in [-0.2, 0) is 4.74 Å². The number of Topliss-reactive ketones (excluding diaryl/α,β-unsaturated/α-hetero) is 1. The van der Waals surface area contributed by atoms with E-state index in [1.807, 2.05) is 41.0 Å². The minimum absolute atomic E-state index is 0.108. The lowest BCUT2D eigenvalue weighted by molar-refractivity contribution is 0.0522. The zero-order valence-electron chi connectivity index (χ0n) is 17.3. The molecule has 2 unspecified atom stereocenters. The van der Waals surface area contributed by atoms with Crippen LogP contribution < -0.4 is 5.32 Å². The number of carbonyl (C=O) groups excluding carboxylic acids is 2. The van der Waals surface area contributed by atoms with Crippen LogP contribution in [0.3, 0.4) is 0 Å². The second-order valence-corrected chi connectivity index (χ2v) is 7.64. The fraction of sp³-hybridized carbons (Fsp3) is 0.292. The Labute approximate surface area is 175 Å². The van der Waals surface area contributed by atoms with Crippen LogP contribution in [0.15, 0.2) is 61.1 Å². The summed E-state index contributed by atoms with van der Waals surface area (Å²) in [4.78, 5) is 30.8. The molecule has 0 saturated heterocycles. The molecular weight excluding hydrogens is 378 g/mol. The van der Waals surface area contributed by atoms with E-state index in [4.69, 9.17) is 4.74 Å². The van der Waals surface area contributed by atoms with Crippen molar-refractivity contribution in [2.75, 3.05) is 11.9 Å². The number of hydrogen-bond acceptors (Lipinski definition) is 5. The van der Waals surface area contributed by atoms with Gasteiger partial charge in [-0.2, -0.15) is 0 Å². The molecule has 0 fully saturated rings. The van der Waals surface area contributed by atoms with E-state index in [0.29, 0.717) is 16.8 Å². The summed E-state index contributed by atoms with van der Waals surface area (Å²) in [7, 11) is 0. The van der Waals surface area contributed by atoms with Crippen LogP contribution in [0.4, 0.5) is 5.69 Å². The molecule has 1 aliphatic rings. The van der Waals surface area contributed by atoms with E-state index in [2.05, 4.69) is 24.1 Å². The summed E-state index contributed by atoms with van der Waals surface area (Å²) >= 11 is 0. The van der Waals surface area contributed by atoms with E-state index < -0.39 is 11.9 Å². The molecule has 0 saturated carbocycles. The van der Waals surface area contributed by atoms with Gasteiger partial charge in [0.15, 0.2) is 5.78 Å². The number of nitrogens with one attached hydrogen (secondary N) is 1. The summed E-state index contributed by atoms with van der Waals surface area (Å²) in [6, 6.07) is 15.0. The van der Waals surface area contributed by atoms with Crippen molar-refractivity contribution in [2.24, 2.45) is 0 Å². The van der Waals surface area contributed by atoms with Gasteiger partial charge in [0.2, 0.25) is 0 Å². The van der Waals surface area contributed by atoms with Gasteiger partial charge in [-0.1, -0.05) is 36.4 Å². The van der Waals surface area contributed by atoms with Crippen molar-refractivity contribution in [3.63, 3.8) is 0 Å². The first-order valence-electron chi connectivity index (χ1n) is 10.2. The average Bonchev–Trinajstić information content (AvgIpc) is 3.23. The monoisotopic (exact) mass is 403 g/mol. The highest BCUT2D eigenvalue weighted by molar-refractivity contribution is 6.14. The molecule has 2 atom stereocenters. The molecule has 0 spiro atoms. The number of imidazole rings is 1. The van der Waals surface area contributed by atoms with Crippen molar-refractivity contribution in [1.29, 1.82) is 0 Å². The zero-order valence-corrected chi connectivity index (χ0v) is 17.3. The maximum Gasteiger partial charge on any atom is 0.338 e. The second-order valence-electron chi connectivity index (χ2n) is 7.64. The molecule has 2 heterocycles. The van der Waals surface area contributed by atoms with Gasteiger partial charge in [-0.3, -0.25) is 4.79 Å². The predicted octanol–water partition coefficient (Wildman–Crippen LogP) is 4.77.